The topological polar surface area (TPSA) is 106 Å². The van der Waals surface area contributed by atoms with E-state index in [0.717, 1.165) is 22.6 Å². The predicted octanol–water partition coefficient (Wildman–Crippen LogP) is 0.950. The molecule has 29 heavy (non-hydrogen) atoms. The van der Waals surface area contributed by atoms with Crippen molar-refractivity contribution in [2.75, 3.05) is 38.6 Å². The van der Waals surface area contributed by atoms with Crippen molar-refractivity contribution in [3.63, 3.8) is 0 Å². The highest BCUT2D eigenvalue weighted by Crippen LogP contribution is 2.17. The summed E-state index contributed by atoms with van der Waals surface area (Å²) in [5, 5.41) is 9.95. The Balaban J connectivity index is 1.50. The van der Waals surface area contributed by atoms with Crippen molar-refractivity contribution in [1.29, 1.82) is 0 Å². The number of sulfonamides is 1. The summed E-state index contributed by atoms with van der Waals surface area (Å²) in [5.41, 5.74) is 3.67. The first-order valence-electron chi connectivity index (χ1n) is 9.56. The lowest BCUT2D eigenvalue weighted by atomic mass is 10.2. The van der Waals surface area contributed by atoms with Crippen LogP contribution in [0.25, 0.3) is 5.69 Å². The summed E-state index contributed by atoms with van der Waals surface area (Å²) >= 11 is 0. The SMILES string of the molecule is Cc1nn(-c2ccccc2)c(C)c1CNC(=O)NCCS(=O)(=O)N1CCOCC1. The summed E-state index contributed by atoms with van der Waals surface area (Å²) in [6.45, 7) is 5.74. The van der Waals surface area contributed by atoms with Gasteiger partial charge in [-0.05, 0) is 26.0 Å². The van der Waals surface area contributed by atoms with E-state index in [-0.39, 0.29) is 12.3 Å². The second-order valence-electron chi connectivity index (χ2n) is 6.83. The summed E-state index contributed by atoms with van der Waals surface area (Å²) in [6, 6.07) is 9.37. The minimum Gasteiger partial charge on any atom is -0.379 e. The number of amides is 2. The predicted molar refractivity (Wildman–Crippen MR) is 109 cm³/mol. The van der Waals surface area contributed by atoms with Gasteiger partial charge in [0.1, 0.15) is 0 Å². The molecule has 1 saturated heterocycles. The molecule has 0 bridgehead atoms. The Morgan fingerprint density at radius 2 is 1.83 bits per heavy atom. The average molecular weight is 422 g/mol. The minimum absolute atomic E-state index is 0.0484. The molecule has 2 N–H and O–H groups in total. The lowest BCUT2D eigenvalue weighted by Gasteiger charge is -2.26. The Bertz CT molecular complexity index is 937. The molecule has 1 aliphatic rings. The summed E-state index contributed by atoms with van der Waals surface area (Å²) in [5.74, 6) is -0.135. The summed E-state index contributed by atoms with van der Waals surface area (Å²) in [6.07, 6.45) is 0. The normalized spacial score (nSPS) is 15.2. The third-order valence-electron chi connectivity index (χ3n) is 4.88. The third-order valence-corrected chi connectivity index (χ3v) is 6.75. The monoisotopic (exact) mass is 421 g/mol. The second kappa shape index (κ2) is 9.38. The number of urea groups is 1. The molecule has 9 nitrogen and oxygen atoms in total. The zero-order chi connectivity index (χ0) is 20.9. The number of nitrogens with one attached hydrogen (secondary N) is 2. The fourth-order valence-corrected chi connectivity index (χ4v) is 4.55. The first-order chi connectivity index (χ1) is 13.9. The van der Waals surface area contributed by atoms with Crippen LogP contribution in [-0.2, 0) is 21.3 Å². The fourth-order valence-electron chi connectivity index (χ4n) is 3.23. The first kappa shape index (κ1) is 21.3. The van der Waals surface area contributed by atoms with E-state index in [2.05, 4.69) is 15.7 Å². The summed E-state index contributed by atoms with van der Waals surface area (Å²) in [4.78, 5) is 12.1. The van der Waals surface area contributed by atoms with Crippen LogP contribution in [0, 0.1) is 13.8 Å². The van der Waals surface area contributed by atoms with Crippen molar-refractivity contribution < 1.29 is 17.9 Å². The average Bonchev–Trinajstić information content (AvgIpc) is 3.01. The number of nitrogens with zero attached hydrogens (tertiary/aromatic N) is 3. The van der Waals surface area contributed by atoms with Gasteiger partial charge >= 0.3 is 6.03 Å². The molecule has 1 aromatic carbocycles. The number of carbonyl (C=O) groups is 1. The highest BCUT2D eigenvalue weighted by molar-refractivity contribution is 7.89. The molecule has 0 spiro atoms. The summed E-state index contributed by atoms with van der Waals surface area (Å²) in [7, 11) is -3.39. The molecule has 0 radical (unpaired) electrons. The van der Waals surface area contributed by atoms with E-state index in [9.17, 15) is 13.2 Å². The highest BCUT2D eigenvalue weighted by atomic mass is 32.2. The van der Waals surface area contributed by atoms with Gasteiger partial charge in [0.15, 0.2) is 0 Å². The van der Waals surface area contributed by atoms with Gasteiger partial charge in [-0.3, -0.25) is 0 Å². The molecule has 158 valence electrons. The number of benzene rings is 1. The van der Waals surface area contributed by atoms with E-state index in [1.165, 1.54) is 4.31 Å². The smallest absolute Gasteiger partial charge is 0.315 e. The van der Waals surface area contributed by atoms with Crippen LogP contribution in [0.15, 0.2) is 30.3 Å². The van der Waals surface area contributed by atoms with Crippen molar-refractivity contribution in [2.24, 2.45) is 0 Å². The van der Waals surface area contributed by atoms with Gasteiger partial charge in [-0.2, -0.15) is 9.40 Å². The zero-order valence-electron chi connectivity index (χ0n) is 16.7. The Labute approximate surface area is 171 Å². The number of morpholine rings is 1. The van der Waals surface area contributed by atoms with E-state index in [0.29, 0.717) is 32.8 Å². The number of aryl methyl sites for hydroxylation is 1. The third kappa shape index (κ3) is 5.34. The van der Waals surface area contributed by atoms with Crippen molar-refractivity contribution in [3.05, 3.63) is 47.3 Å². The lowest BCUT2D eigenvalue weighted by Crippen LogP contribution is -2.44. The molecule has 0 saturated carbocycles. The molecule has 3 rings (SSSR count). The number of para-hydroxylation sites is 1. The molecule has 0 unspecified atom stereocenters. The molecule has 0 atom stereocenters. The van der Waals surface area contributed by atoms with Gasteiger partial charge < -0.3 is 15.4 Å². The van der Waals surface area contributed by atoms with Crippen molar-refractivity contribution in [3.8, 4) is 5.69 Å². The first-order valence-corrected chi connectivity index (χ1v) is 11.2. The number of carbonyl (C=O) groups excluding carboxylic acids is 1. The maximum Gasteiger partial charge on any atom is 0.315 e. The van der Waals surface area contributed by atoms with Gasteiger partial charge in [0.2, 0.25) is 10.0 Å². The lowest BCUT2D eigenvalue weighted by molar-refractivity contribution is 0.0730. The van der Waals surface area contributed by atoms with E-state index in [1.54, 1.807) is 0 Å². The Morgan fingerprint density at radius 3 is 2.52 bits per heavy atom. The van der Waals surface area contributed by atoms with Crippen molar-refractivity contribution in [1.82, 2.24) is 24.7 Å². The van der Waals surface area contributed by atoms with Crippen LogP contribution >= 0.6 is 0 Å². The second-order valence-corrected chi connectivity index (χ2v) is 8.92. The molecular formula is C19H27N5O4S. The van der Waals surface area contributed by atoms with E-state index >= 15 is 0 Å². The number of hydrogen-bond donors (Lipinski definition) is 2. The van der Waals surface area contributed by atoms with Gasteiger partial charge in [0, 0.05) is 37.4 Å². The molecule has 1 aromatic heterocycles. The van der Waals surface area contributed by atoms with E-state index in [1.807, 2.05) is 48.9 Å². The minimum atomic E-state index is -3.39. The molecule has 2 amide bonds. The Morgan fingerprint density at radius 1 is 1.14 bits per heavy atom. The van der Waals surface area contributed by atoms with Crippen LogP contribution in [0.3, 0.4) is 0 Å². The van der Waals surface area contributed by atoms with Gasteiger partial charge in [0.25, 0.3) is 0 Å². The van der Waals surface area contributed by atoms with Gasteiger partial charge in [-0.1, -0.05) is 18.2 Å². The number of ether oxygens (including phenoxy) is 1. The molecule has 0 aliphatic carbocycles. The van der Waals surface area contributed by atoms with Crippen LogP contribution in [0.1, 0.15) is 17.0 Å². The number of hydrogen-bond acceptors (Lipinski definition) is 5. The quantitative estimate of drug-likeness (QED) is 0.693. The van der Waals surface area contributed by atoms with Crippen LogP contribution in [0.5, 0.6) is 0 Å². The van der Waals surface area contributed by atoms with Crippen LogP contribution in [-0.4, -0.2) is 67.1 Å². The Kier molecular flexibility index (Phi) is 6.88. The maximum absolute atomic E-state index is 12.3. The van der Waals surface area contributed by atoms with Crippen LogP contribution in [0.2, 0.25) is 0 Å². The highest BCUT2D eigenvalue weighted by Gasteiger charge is 2.24. The standard InChI is InChI=1S/C19H27N5O4S/c1-15-18(16(2)24(22-15)17-6-4-3-5-7-17)14-21-19(25)20-8-13-29(26,27)23-9-11-28-12-10-23/h3-7H,8-14H2,1-2H3,(H2,20,21,25). The van der Waals surface area contributed by atoms with Gasteiger partial charge in [-0.15, -0.1) is 0 Å². The Hall–Kier alpha value is -2.43. The molecular weight excluding hydrogens is 394 g/mol. The number of rotatable bonds is 7. The van der Waals surface area contributed by atoms with E-state index in [4.69, 9.17) is 4.74 Å². The van der Waals surface area contributed by atoms with Crippen LogP contribution in [0.4, 0.5) is 4.79 Å². The molecule has 1 fully saturated rings. The maximum atomic E-state index is 12.3. The van der Waals surface area contributed by atoms with Crippen molar-refractivity contribution >= 4 is 16.1 Å². The molecule has 10 heteroatoms. The van der Waals surface area contributed by atoms with Gasteiger partial charge in [-0.25, -0.2) is 17.9 Å². The van der Waals surface area contributed by atoms with Crippen LogP contribution < -0.4 is 10.6 Å². The molecule has 2 aromatic rings. The van der Waals surface area contributed by atoms with Gasteiger partial charge in [0.05, 0.1) is 30.3 Å². The fraction of sp³-hybridized carbons (Fsp3) is 0.474. The molecule has 2 heterocycles. The molecule has 1 aliphatic heterocycles. The zero-order valence-corrected chi connectivity index (χ0v) is 17.5. The van der Waals surface area contributed by atoms with Crippen molar-refractivity contribution in [2.45, 2.75) is 20.4 Å². The van der Waals surface area contributed by atoms with E-state index < -0.39 is 16.1 Å². The summed E-state index contributed by atoms with van der Waals surface area (Å²) < 4.78 is 32.9. The number of aromatic nitrogens is 2. The largest absolute Gasteiger partial charge is 0.379 e.